The monoisotopic (exact) mass is 263 g/mol. The average Bonchev–Trinajstić information content (AvgIpc) is 2.37. The lowest BCUT2D eigenvalue weighted by Gasteiger charge is -2.34. The minimum absolute atomic E-state index is 0.0869. The molecule has 2 unspecified atom stereocenters. The first-order valence-electron chi connectivity index (χ1n) is 6.91. The van der Waals surface area contributed by atoms with Gasteiger partial charge in [-0.25, -0.2) is 0 Å². The third kappa shape index (κ3) is 4.06. The number of aryl methyl sites for hydroxylation is 2. The molecule has 0 radical (unpaired) electrons. The van der Waals surface area contributed by atoms with E-state index in [0.717, 1.165) is 6.42 Å². The SMILES string of the molecule is CCC(C)N(CC(=O)O)C(C)c1cc(C)ccc1C. The number of nitrogens with zero attached hydrogens (tertiary/aromatic N) is 1. The first kappa shape index (κ1) is 15.7. The van der Waals surface area contributed by atoms with Gasteiger partial charge in [0.1, 0.15) is 0 Å². The summed E-state index contributed by atoms with van der Waals surface area (Å²) < 4.78 is 0. The van der Waals surface area contributed by atoms with Gasteiger partial charge in [0.05, 0.1) is 6.54 Å². The van der Waals surface area contributed by atoms with Crippen LogP contribution in [0.5, 0.6) is 0 Å². The van der Waals surface area contributed by atoms with E-state index in [1.807, 2.05) is 0 Å². The summed E-state index contributed by atoms with van der Waals surface area (Å²) in [7, 11) is 0. The molecule has 1 N–H and O–H groups in total. The van der Waals surface area contributed by atoms with Crippen LogP contribution in [0.25, 0.3) is 0 Å². The van der Waals surface area contributed by atoms with Crippen LogP contribution in [0, 0.1) is 13.8 Å². The summed E-state index contributed by atoms with van der Waals surface area (Å²) in [5, 5.41) is 9.11. The Morgan fingerprint density at radius 3 is 2.47 bits per heavy atom. The summed E-state index contributed by atoms with van der Waals surface area (Å²) in [5.41, 5.74) is 3.66. The van der Waals surface area contributed by atoms with E-state index in [4.69, 9.17) is 5.11 Å². The van der Waals surface area contributed by atoms with Gasteiger partial charge in [-0.3, -0.25) is 9.69 Å². The van der Waals surface area contributed by atoms with Gasteiger partial charge >= 0.3 is 5.97 Å². The van der Waals surface area contributed by atoms with Gasteiger partial charge in [0.15, 0.2) is 0 Å². The first-order valence-corrected chi connectivity index (χ1v) is 6.91. The van der Waals surface area contributed by atoms with E-state index >= 15 is 0 Å². The molecule has 0 aromatic heterocycles. The van der Waals surface area contributed by atoms with Gasteiger partial charge in [-0.1, -0.05) is 30.7 Å². The van der Waals surface area contributed by atoms with Crippen LogP contribution in [-0.4, -0.2) is 28.6 Å². The summed E-state index contributed by atoms with van der Waals surface area (Å²) in [4.78, 5) is 13.1. The van der Waals surface area contributed by atoms with Crippen molar-refractivity contribution in [1.29, 1.82) is 0 Å². The molecule has 0 saturated heterocycles. The van der Waals surface area contributed by atoms with Crippen molar-refractivity contribution in [1.82, 2.24) is 4.90 Å². The van der Waals surface area contributed by atoms with Crippen LogP contribution in [0.15, 0.2) is 18.2 Å². The van der Waals surface area contributed by atoms with Crippen molar-refractivity contribution < 1.29 is 9.90 Å². The number of benzene rings is 1. The van der Waals surface area contributed by atoms with Crippen LogP contribution in [-0.2, 0) is 4.79 Å². The molecule has 19 heavy (non-hydrogen) atoms. The van der Waals surface area contributed by atoms with Crippen LogP contribution < -0.4 is 0 Å². The molecule has 0 aliphatic carbocycles. The van der Waals surface area contributed by atoms with Crippen molar-refractivity contribution in [2.24, 2.45) is 0 Å². The van der Waals surface area contributed by atoms with E-state index in [2.05, 4.69) is 57.7 Å². The highest BCUT2D eigenvalue weighted by molar-refractivity contribution is 5.69. The molecule has 2 atom stereocenters. The number of rotatable bonds is 6. The molecule has 0 amide bonds. The number of carbonyl (C=O) groups is 1. The Bertz CT molecular complexity index is 442. The predicted molar refractivity (Wildman–Crippen MR) is 78.4 cm³/mol. The van der Waals surface area contributed by atoms with Crippen molar-refractivity contribution in [3.8, 4) is 0 Å². The van der Waals surface area contributed by atoms with Crippen LogP contribution in [0.1, 0.15) is 49.9 Å². The average molecular weight is 263 g/mol. The van der Waals surface area contributed by atoms with Crippen LogP contribution in [0.4, 0.5) is 0 Å². The Morgan fingerprint density at radius 2 is 1.95 bits per heavy atom. The quantitative estimate of drug-likeness (QED) is 0.853. The third-order valence-electron chi connectivity index (χ3n) is 3.86. The second-order valence-electron chi connectivity index (χ2n) is 5.36. The molecule has 0 fully saturated rings. The van der Waals surface area contributed by atoms with E-state index in [-0.39, 0.29) is 18.6 Å². The van der Waals surface area contributed by atoms with E-state index < -0.39 is 5.97 Å². The second-order valence-corrected chi connectivity index (χ2v) is 5.36. The molecule has 0 heterocycles. The Hall–Kier alpha value is -1.35. The number of carboxylic acids is 1. The molecule has 0 saturated carbocycles. The zero-order valence-corrected chi connectivity index (χ0v) is 12.6. The summed E-state index contributed by atoms with van der Waals surface area (Å²) in [6.45, 7) is 10.5. The van der Waals surface area contributed by atoms with Gasteiger partial charge in [0.2, 0.25) is 0 Å². The molecule has 1 rings (SSSR count). The minimum atomic E-state index is -0.766. The number of carboxylic acid groups (broad SMARTS) is 1. The van der Waals surface area contributed by atoms with Crippen LogP contribution in [0.3, 0.4) is 0 Å². The Labute approximate surface area is 116 Å². The molecule has 106 valence electrons. The Balaban J connectivity index is 3.07. The molecule has 0 aliphatic rings. The van der Waals surface area contributed by atoms with Crippen molar-refractivity contribution in [3.05, 3.63) is 34.9 Å². The van der Waals surface area contributed by atoms with Crippen molar-refractivity contribution in [3.63, 3.8) is 0 Å². The highest BCUT2D eigenvalue weighted by atomic mass is 16.4. The van der Waals surface area contributed by atoms with Crippen LogP contribution >= 0.6 is 0 Å². The molecule has 0 bridgehead atoms. The summed E-state index contributed by atoms with van der Waals surface area (Å²) in [6.07, 6.45) is 0.947. The molecular formula is C16H25NO2. The van der Waals surface area contributed by atoms with Crippen molar-refractivity contribution in [2.75, 3.05) is 6.54 Å². The number of hydrogen-bond acceptors (Lipinski definition) is 2. The summed E-state index contributed by atoms with van der Waals surface area (Å²) in [5.74, 6) is -0.766. The largest absolute Gasteiger partial charge is 0.480 e. The standard InChI is InChI=1S/C16H25NO2/c1-6-13(4)17(10-16(18)19)14(5)15-9-11(2)7-8-12(15)3/h7-9,13-14H,6,10H2,1-5H3,(H,18,19). The van der Waals surface area contributed by atoms with E-state index in [9.17, 15) is 4.79 Å². The maximum absolute atomic E-state index is 11.1. The maximum Gasteiger partial charge on any atom is 0.317 e. The number of hydrogen-bond donors (Lipinski definition) is 1. The molecule has 3 heteroatoms. The summed E-state index contributed by atoms with van der Waals surface area (Å²) in [6, 6.07) is 6.74. The highest BCUT2D eigenvalue weighted by Gasteiger charge is 2.23. The van der Waals surface area contributed by atoms with Crippen molar-refractivity contribution >= 4 is 5.97 Å². The third-order valence-corrected chi connectivity index (χ3v) is 3.86. The van der Waals surface area contributed by atoms with Crippen LogP contribution in [0.2, 0.25) is 0 Å². The Kier molecular flexibility index (Phi) is 5.55. The maximum atomic E-state index is 11.1. The van der Waals surface area contributed by atoms with E-state index in [1.165, 1.54) is 16.7 Å². The molecule has 1 aromatic carbocycles. The lowest BCUT2D eigenvalue weighted by molar-refractivity contribution is -0.139. The van der Waals surface area contributed by atoms with E-state index in [1.54, 1.807) is 0 Å². The number of aliphatic carboxylic acids is 1. The normalized spacial score (nSPS) is 14.4. The molecule has 3 nitrogen and oxygen atoms in total. The zero-order valence-electron chi connectivity index (χ0n) is 12.6. The lowest BCUT2D eigenvalue weighted by atomic mass is 9.97. The predicted octanol–water partition coefficient (Wildman–Crippen LogP) is 3.55. The van der Waals surface area contributed by atoms with Gasteiger partial charge in [-0.2, -0.15) is 0 Å². The molecule has 0 aliphatic heterocycles. The fraction of sp³-hybridized carbons (Fsp3) is 0.562. The topological polar surface area (TPSA) is 40.5 Å². The molecular weight excluding hydrogens is 238 g/mol. The summed E-state index contributed by atoms with van der Waals surface area (Å²) >= 11 is 0. The molecule has 0 spiro atoms. The van der Waals surface area contributed by atoms with Gasteiger partial charge in [-0.05, 0) is 45.2 Å². The first-order chi connectivity index (χ1) is 8.86. The fourth-order valence-electron chi connectivity index (χ4n) is 2.45. The van der Waals surface area contributed by atoms with Gasteiger partial charge in [-0.15, -0.1) is 0 Å². The fourth-order valence-corrected chi connectivity index (χ4v) is 2.45. The van der Waals surface area contributed by atoms with E-state index in [0.29, 0.717) is 0 Å². The minimum Gasteiger partial charge on any atom is -0.480 e. The lowest BCUT2D eigenvalue weighted by Crippen LogP contribution is -2.39. The van der Waals surface area contributed by atoms with Gasteiger partial charge in [0.25, 0.3) is 0 Å². The molecule has 1 aromatic rings. The van der Waals surface area contributed by atoms with Gasteiger partial charge < -0.3 is 5.11 Å². The Morgan fingerprint density at radius 1 is 1.32 bits per heavy atom. The van der Waals surface area contributed by atoms with Crippen molar-refractivity contribution in [2.45, 2.75) is 53.1 Å². The smallest absolute Gasteiger partial charge is 0.317 e. The second kappa shape index (κ2) is 6.71. The van der Waals surface area contributed by atoms with Gasteiger partial charge in [0, 0.05) is 12.1 Å². The zero-order chi connectivity index (χ0) is 14.6. The highest BCUT2D eigenvalue weighted by Crippen LogP contribution is 2.26.